The Morgan fingerprint density at radius 2 is 1.84 bits per heavy atom. The van der Waals surface area contributed by atoms with E-state index in [9.17, 15) is 18.0 Å². The summed E-state index contributed by atoms with van der Waals surface area (Å²) in [6.07, 6.45) is -4.40. The molecule has 0 saturated carbocycles. The summed E-state index contributed by atoms with van der Waals surface area (Å²) >= 11 is 5.90. The molecular weight excluding hydrogens is 509 g/mol. The van der Waals surface area contributed by atoms with E-state index < -0.39 is 18.6 Å². The molecule has 5 rings (SSSR count). The molecule has 7 nitrogen and oxygen atoms in total. The lowest BCUT2D eigenvalue weighted by Gasteiger charge is -2.14. The molecule has 2 heterocycles. The van der Waals surface area contributed by atoms with Gasteiger partial charge in [-0.25, -0.2) is 14.8 Å². The van der Waals surface area contributed by atoms with Crippen molar-refractivity contribution in [1.82, 2.24) is 14.5 Å². The van der Waals surface area contributed by atoms with Crippen molar-refractivity contribution >= 4 is 45.2 Å². The van der Waals surface area contributed by atoms with Crippen molar-refractivity contribution < 1.29 is 27.4 Å². The molecule has 0 aliphatic carbocycles. The second kappa shape index (κ2) is 9.62. The summed E-state index contributed by atoms with van der Waals surface area (Å²) in [6, 6.07) is 19.7. The van der Waals surface area contributed by atoms with Gasteiger partial charge in [-0.15, -0.1) is 13.2 Å². The Labute approximate surface area is 213 Å². The van der Waals surface area contributed by atoms with E-state index in [0.717, 1.165) is 16.3 Å². The van der Waals surface area contributed by atoms with Gasteiger partial charge in [-0.3, -0.25) is 9.88 Å². The second-order valence-electron chi connectivity index (χ2n) is 8.08. The molecule has 0 radical (unpaired) electrons. The molecule has 1 atom stereocenters. The van der Waals surface area contributed by atoms with Gasteiger partial charge in [-0.05, 0) is 66.9 Å². The molecule has 0 aliphatic heterocycles. The topological polar surface area (TPSA) is 78.3 Å². The SMILES string of the molecule is CC(OC(=O)Nc1ccc2c(ccc3c2ncn3-c2ccc(OC(F)(F)F)cc2)c1)c1cccc(Cl)n1. The standard InChI is InChI=1S/C26H18ClF3N4O3/c1-15(21-3-2-4-23(27)33-21)36-25(35)32-17-6-11-20-16(13-17)5-12-22-24(20)31-14-34(22)18-7-9-19(10-8-18)37-26(28,29)30/h2-15H,1H3,(H,32,35). The highest BCUT2D eigenvalue weighted by atomic mass is 35.5. The Morgan fingerprint density at radius 1 is 1.05 bits per heavy atom. The fourth-order valence-electron chi connectivity index (χ4n) is 3.92. The van der Waals surface area contributed by atoms with Crippen LogP contribution in [0.25, 0.3) is 27.5 Å². The lowest BCUT2D eigenvalue weighted by atomic mass is 10.1. The quantitative estimate of drug-likeness (QED) is 0.241. The van der Waals surface area contributed by atoms with Crippen LogP contribution >= 0.6 is 11.6 Å². The van der Waals surface area contributed by atoms with E-state index in [-0.39, 0.29) is 5.75 Å². The molecule has 0 spiro atoms. The van der Waals surface area contributed by atoms with Crippen LogP contribution in [0.3, 0.4) is 0 Å². The van der Waals surface area contributed by atoms with Crippen molar-refractivity contribution in [3.63, 3.8) is 0 Å². The normalized spacial score (nSPS) is 12.5. The van der Waals surface area contributed by atoms with Crippen molar-refractivity contribution in [1.29, 1.82) is 0 Å². The number of hydrogen-bond donors (Lipinski definition) is 1. The summed E-state index contributed by atoms with van der Waals surface area (Å²) in [5, 5.41) is 4.68. The summed E-state index contributed by atoms with van der Waals surface area (Å²) in [6.45, 7) is 1.70. The molecule has 5 aromatic rings. The maximum absolute atomic E-state index is 12.4. The van der Waals surface area contributed by atoms with E-state index in [1.54, 1.807) is 48.1 Å². The largest absolute Gasteiger partial charge is 0.573 e. The number of benzene rings is 3. The van der Waals surface area contributed by atoms with E-state index in [1.807, 2.05) is 18.2 Å². The molecule has 3 aromatic carbocycles. The Balaban J connectivity index is 1.34. The summed E-state index contributed by atoms with van der Waals surface area (Å²) in [4.78, 5) is 21.1. The number of rotatable bonds is 5. The number of halogens is 4. The molecule has 1 N–H and O–H groups in total. The number of fused-ring (bicyclic) bond motifs is 3. The van der Waals surface area contributed by atoms with Crippen LogP contribution in [0.5, 0.6) is 5.75 Å². The summed E-state index contributed by atoms with van der Waals surface area (Å²) in [5.74, 6) is -0.303. The minimum atomic E-state index is -4.75. The number of nitrogens with one attached hydrogen (secondary N) is 1. The van der Waals surface area contributed by atoms with Gasteiger partial charge in [0.05, 0.1) is 16.7 Å². The van der Waals surface area contributed by atoms with Gasteiger partial charge in [0, 0.05) is 16.8 Å². The third-order valence-corrected chi connectivity index (χ3v) is 5.77. The van der Waals surface area contributed by atoms with E-state index >= 15 is 0 Å². The fourth-order valence-corrected chi connectivity index (χ4v) is 4.09. The van der Waals surface area contributed by atoms with Gasteiger partial charge in [0.2, 0.25) is 0 Å². The molecule has 188 valence electrons. The predicted molar refractivity (Wildman–Crippen MR) is 133 cm³/mol. The molecule has 1 amide bonds. The van der Waals surface area contributed by atoms with E-state index in [1.165, 1.54) is 24.3 Å². The van der Waals surface area contributed by atoms with Gasteiger partial charge in [0.25, 0.3) is 0 Å². The van der Waals surface area contributed by atoms with Crippen LogP contribution in [0, 0.1) is 0 Å². The van der Waals surface area contributed by atoms with Crippen molar-refractivity contribution in [3.8, 4) is 11.4 Å². The number of carbonyl (C=O) groups excluding carboxylic acids is 1. The second-order valence-corrected chi connectivity index (χ2v) is 8.47. The number of imidazole rings is 1. The van der Waals surface area contributed by atoms with Crippen LogP contribution in [0.15, 0.2) is 79.1 Å². The molecule has 0 fully saturated rings. The monoisotopic (exact) mass is 526 g/mol. The van der Waals surface area contributed by atoms with Crippen LogP contribution in [0.1, 0.15) is 18.7 Å². The highest BCUT2D eigenvalue weighted by molar-refractivity contribution is 6.29. The summed E-state index contributed by atoms with van der Waals surface area (Å²) in [5.41, 5.74) is 3.15. The Kier molecular flexibility index (Phi) is 6.34. The highest BCUT2D eigenvalue weighted by Crippen LogP contribution is 2.30. The van der Waals surface area contributed by atoms with E-state index in [0.29, 0.717) is 27.7 Å². The first-order valence-electron chi connectivity index (χ1n) is 11.0. The van der Waals surface area contributed by atoms with Gasteiger partial charge >= 0.3 is 12.5 Å². The third-order valence-electron chi connectivity index (χ3n) is 5.56. The number of anilines is 1. The Morgan fingerprint density at radius 3 is 2.57 bits per heavy atom. The van der Waals surface area contributed by atoms with Gasteiger partial charge in [0.1, 0.15) is 23.3 Å². The van der Waals surface area contributed by atoms with Crippen LogP contribution in [0.2, 0.25) is 5.15 Å². The van der Waals surface area contributed by atoms with Crippen LogP contribution in [-0.4, -0.2) is 27.0 Å². The first-order valence-corrected chi connectivity index (χ1v) is 11.4. The van der Waals surface area contributed by atoms with Crippen molar-refractivity contribution in [2.75, 3.05) is 5.32 Å². The first kappa shape index (κ1) is 24.4. The maximum atomic E-state index is 12.4. The number of aromatic nitrogens is 3. The molecule has 1 unspecified atom stereocenters. The zero-order chi connectivity index (χ0) is 26.2. The highest BCUT2D eigenvalue weighted by Gasteiger charge is 2.31. The number of alkyl halides is 3. The van der Waals surface area contributed by atoms with Crippen molar-refractivity contribution in [2.24, 2.45) is 0 Å². The minimum Gasteiger partial charge on any atom is -0.440 e. The average Bonchev–Trinajstić information content (AvgIpc) is 3.28. The first-order chi connectivity index (χ1) is 17.7. The fraction of sp³-hybridized carbons (Fsp3) is 0.115. The third kappa shape index (κ3) is 5.44. The average molecular weight is 527 g/mol. The number of amides is 1. The molecule has 0 saturated heterocycles. The number of ether oxygens (including phenoxy) is 2. The smallest absolute Gasteiger partial charge is 0.440 e. The lowest BCUT2D eigenvalue weighted by Crippen LogP contribution is -2.17. The zero-order valence-corrected chi connectivity index (χ0v) is 19.9. The van der Waals surface area contributed by atoms with Crippen LogP contribution in [-0.2, 0) is 4.74 Å². The van der Waals surface area contributed by atoms with Gasteiger partial charge < -0.3 is 9.47 Å². The Hall–Kier alpha value is -4.31. The molecule has 0 bridgehead atoms. The molecular formula is C26H18ClF3N4O3. The number of nitrogens with zero attached hydrogens (tertiary/aromatic N) is 3. The Bertz CT molecular complexity index is 1600. The van der Waals surface area contributed by atoms with E-state index in [2.05, 4.69) is 20.0 Å². The van der Waals surface area contributed by atoms with Crippen LogP contribution < -0.4 is 10.1 Å². The number of carbonyl (C=O) groups is 1. The zero-order valence-electron chi connectivity index (χ0n) is 19.2. The number of hydrogen-bond acceptors (Lipinski definition) is 5. The molecule has 11 heteroatoms. The van der Waals surface area contributed by atoms with Gasteiger partial charge in [-0.1, -0.05) is 29.8 Å². The van der Waals surface area contributed by atoms with Crippen LogP contribution in [0.4, 0.5) is 23.7 Å². The summed E-state index contributed by atoms with van der Waals surface area (Å²) < 4.78 is 48.4. The van der Waals surface area contributed by atoms with Gasteiger partial charge in [0.15, 0.2) is 0 Å². The minimum absolute atomic E-state index is 0.303. The maximum Gasteiger partial charge on any atom is 0.573 e. The van der Waals surface area contributed by atoms with Crippen molar-refractivity contribution in [3.05, 3.63) is 90.0 Å². The molecule has 2 aromatic heterocycles. The summed E-state index contributed by atoms with van der Waals surface area (Å²) in [7, 11) is 0. The molecule has 37 heavy (non-hydrogen) atoms. The predicted octanol–water partition coefficient (Wildman–Crippen LogP) is 7.44. The van der Waals surface area contributed by atoms with E-state index in [4.69, 9.17) is 16.3 Å². The van der Waals surface area contributed by atoms with Crippen molar-refractivity contribution in [2.45, 2.75) is 19.4 Å². The molecule has 0 aliphatic rings. The lowest BCUT2D eigenvalue weighted by molar-refractivity contribution is -0.274. The van der Waals surface area contributed by atoms with Gasteiger partial charge in [-0.2, -0.15) is 0 Å². The number of pyridine rings is 1.